The molecule has 2 aromatic rings. The Morgan fingerprint density at radius 1 is 0.840 bits per heavy atom. The van der Waals surface area contributed by atoms with Crippen LogP contribution in [0.4, 0.5) is 0 Å². The Kier molecular flexibility index (Phi) is 6.29. The molecule has 4 heteroatoms. The average Bonchev–Trinajstić information content (AvgIpc) is 2.96. The topological polar surface area (TPSA) is 37.4 Å². The lowest BCUT2D eigenvalue weighted by Gasteiger charge is -2.20. The van der Waals surface area contributed by atoms with Crippen molar-refractivity contribution in [1.82, 2.24) is 4.90 Å². The highest BCUT2D eigenvalue weighted by Gasteiger charge is 2.17. The molecule has 3 rings (SSSR count). The molecule has 1 fully saturated rings. The molecule has 0 unspecified atom stereocenters. The van der Waals surface area contributed by atoms with Gasteiger partial charge < -0.3 is 4.90 Å². The van der Waals surface area contributed by atoms with Crippen LogP contribution in [0.5, 0.6) is 0 Å². The summed E-state index contributed by atoms with van der Waals surface area (Å²) in [7, 11) is 0. The van der Waals surface area contributed by atoms with E-state index in [9.17, 15) is 9.59 Å². The predicted octanol–water partition coefficient (Wildman–Crippen LogP) is 4.68. The van der Waals surface area contributed by atoms with E-state index in [0.29, 0.717) is 5.75 Å². The van der Waals surface area contributed by atoms with Crippen LogP contribution in [0.25, 0.3) is 0 Å². The van der Waals surface area contributed by atoms with Crippen LogP contribution in [0.15, 0.2) is 59.5 Å². The maximum atomic E-state index is 12.7. The number of rotatable bonds is 5. The van der Waals surface area contributed by atoms with Gasteiger partial charge in [0.05, 0.1) is 5.75 Å². The quantitative estimate of drug-likeness (QED) is 0.579. The average molecular weight is 353 g/mol. The van der Waals surface area contributed by atoms with Gasteiger partial charge in [0.15, 0.2) is 5.78 Å². The van der Waals surface area contributed by atoms with Crippen LogP contribution < -0.4 is 0 Å². The van der Waals surface area contributed by atoms with Crippen LogP contribution >= 0.6 is 11.8 Å². The molecule has 130 valence electrons. The lowest BCUT2D eigenvalue weighted by Crippen LogP contribution is -2.31. The number of hydrogen-bond donors (Lipinski definition) is 0. The first-order valence-electron chi connectivity index (χ1n) is 8.84. The molecule has 3 nitrogen and oxygen atoms in total. The number of thioether (sulfide) groups is 1. The lowest BCUT2D eigenvalue weighted by molar-refractivity contribution is 0.0761. The Bertz CT molecular complexity index is 722. The molecule has 0 radical (unpaired) electrons. The molecule has 0 bridgehead atoms. The second-order valence-electron chi connectivity index (χ2n) is 6.31. The minimum Gasteiger partial charge on any atom is -0.339 e. The number of benzene rings is 2. The first-order chi connectivity index (χ1) is 12.2. The Morgan fingerprint density at radius 3 is 2.24 bits per heavy atom. The van der Waals surface area contributed by atoms with Crippen molar-refractivity contribution in [3.05, 3.63) is 65.7 Å². The zero-order chi connectivity index (χ0) is 17.5. The maximum absolute atomic E-state index is 12.7. The van der Waals surface area contributed by atoms with Gasteiger partial charge in [-0.3, -0.25) is 9.59 Å². The van der Waals surface area contributed by atoms with E-state index in [1.165, 1.54) is 24.6 Å². The summed E-state index contributed by atoms with van der Waals surface area (Å²) in [5, 5.41) is 0. The van der Waals surface area contributed by atoms with Crippen LogP contribution in [-0.2, 0) is 0 Å². The zero-order valence-corrected chi connectivity index (χ0v) is 15.1. The molecule has 1 aliphatic heterocycles. The summed E-state index contributed by atoms with van der Waals surface area (Å²) in [5.41, 5.74) is 1.45. The Hall–Kier alpha value is -2.07. The number of carbonyl (C=O) groups excluding carboxylic acids is 2. The zero-order valence-electron chi connectivity index (χ0n) is 14.3. The molecule has 25 heavy (non-hydrogen) atoms. The molecule has 1 aliphatic rings. The van der Waals surface area contributed by atoms with Gasteiger partial charge in [0, 0.05) is 29.1 Å². The highest BCUT2D eigenvalue weighted by molar-refractivity contribution is 8.00. The molecule has 1 saturated heterocycles. The molecule has 0 aromatic heterocycles. The van der Waals surface area contributed by atoms with Gasteiger partial charge in [0.2, 0.25) is 0 Å². The predicted molar refractivity (Wildman–Crippen MR) is 102 cm³/mol. The Morgan fingerprint density at radius 2 is 1.52 bits per heavy atom. The lowest BCUT2D eigenvalue weighted by atomic mass is 10.2. The van der Waals surface area contributed by atoms with Gasteiger partial charge in [-0.05, 0) is 31.0 Å². The minimum absolute atomic E-state index is 0.106. The molecule has 0 spiro atoms. The van der Waals surface area contributed by atoms with Crippen molar-refractivity contribution in [2.45, 2.75) is 30.6 Å². The fraction of sp³-hybridized carbons (Fsp3) is 0.333. The number of amides is 1. The number of nitrogens with zero attached hydrogens (tertiary/aromatic N) is 1. The standard InChI is InChI=1S/C21H23NO2S/c23-20(17-9-4-3-5-10-17)16-25-19-12-8-11-18(15-19)21(24)22-13-6-1-2-7-14-22/h3-5,8-12,15H,1-2,6-7,13-14,16H2. The van der Waals surface area contributed by atoms with E-state index in [4.69, 9.17) is 0 Å². The number of hydrogen-bond acceptors (Lipinski definition) is 3. The molecule has 1 heterocycles. The van der Waals surface area contributed by atoms with E-state index in [-0.39, 0.29) is 11.7 Å². The molecular weight excluding hydrogens is 330 g/mol. The molecule has 2 aromatic carbocycles. The van der Waals surface area contributed by atoms with Gasteiger partial charge in [0.1, 0.15) is 0 Å². The number of Topliss-reactive ketones (excluding diaryl/α,β-unsaturated/α-hetero) is 1. The monoisotopic (exact) mass is 353 g/mol. The van der Waals surface area contributed by atoms with E-state index in [0.717, 1.165) is 42.0 Å². The first-order valence-corrected chi connectivity index (χ1v) is 9.83. The summed E-state index contributed by atoms with van der Waals surface area (Å²) >= 11 is 1.49. The Balaban J connectivity index is 1.63. The molecular formula is C21H23NO2S. The van der Waals surface area contributed by atoms with E-state index in [1.54, 1.807) is 0 Å². The van der Waals surface area contributed by atoms with Crippen molar-refractivity contribution in [3.63, 3.8) is 0 Å². The van der Waals surface area contributed by atoms with Crippen LogP contribution in [0.1, 0.15) is 46.4 Å². The fourth-order valence-corrected chi connectivity index (χ4v) is 3.88. The highest BCUT2D eigenvalue weighted by Crippen LogP contribution is 2.22. The van der Waals surface area contributed by atoms with E-state index < -0.39 is 0 Å². The van der Waals surface area contributed by atoms with Crippen molar-refractivity contribution in [2.24, 2.45) is 0 Å². The summed E-state index contributed by atoms with van der Waals surface area (Å²) < 4.78 is 0. The normalized spacial score (nSPS) is 14.8. The summed E-state index contributed by atoms with van der Waals surface area (Å²) in [6.07, 6.45) is 4.60. The van der Waals surface area contributed by atoms with Gasteiger partial charge in [0.25, 0.3) is 5.91 Å². The largest absolute Gasteiger partial charge is 0.339 e. The first kappa shape index (κ1) is 17.7. The van der Waals surface area contributed by atoms with Crippen LogP contribution in [-0.4, -0.2) is 35.4 Å². The third-order valence-electron chi connectivity index (χ3n) is 4.44. The van der Waals surface area contributed by atoms with Crippen LogP contribution in [0.2, 0.25) is 0 Å². The van der Waals surface area contributed by atoms with E-state index in [1.807, 2.05) is 59.5 Å². The van der Waals surface area contributed by atoms with Gasteiger partial charge in [-0.15, -0.1) is 11.8 Å². The van der Waals surface area contributed by atoms with Gasteiger partial charge in [-0.2, -0.15) is 0 Å². The number of ketones is 1. The smallest absolute Gasteiger partial charge is 0.253 e. The Labute approximate surface area is 153 Å². The van der Waals surface area contributed by atoms with Gasteiger partial charge >= 0.3 is 0 Å². The SMILES string of the molecule is O=C(CSc1cccc(C(=O)N2CCCCCC2)c1)c1ccccc1. The summed E-state index contributed by atoms with van der Waals surface area (Å²) in [5.74, 6) is 0.597. The van der Waals surface area contributed by atoms with Gasteiger partial charge in [-0.1, -0.05) is 49.2 Å². The van der Waals surface area contributed by atoms with Crippen molar-refractivity contribution >= 4 is 23.5 Å². The summed E-state index contributed by atoms with van der Waals surface area (Å²) in [4.78, 5) is 27.9. The van der Waals surface area contributed by atoms with Crippen molar-refractivity contribution < 1.29 is 9.59 Å². The molecule has 0 saturated carbocycles. The second kappa shape index (κ2) is 8.86. The minimum atomic E-state index is 0.106. The maximum Gasteiger partial charge on any atom is 0.253 e. The summed E-state index contributed by atoms with van der Waals surface area (Å²) in [6, 6.07) is 17.0. The third kappa shape index (κ3) is 4.95. The number of likely N-dealkylation sites (tertiary alicyclic amines) is 1. The van der Waals surface area contributed by atoms with Crippen molar-refractivity contribution in [1.29, 1.82) is 0 Å². The summed E-state index contributed by atoms with van der Waals surface area (Å²) in [6.45, 7) is 1.70. The fourth-order valence-electron chi connectivity index (χ4n) is 3.03. The molecule has 1 amide bonds. The molecule has 0 atom stereocenters. The highest BCUT2D eigenvalue weighted by atomic mass is 32.2. The number of carbonyl (C=O) groups is 2. The van der Waals surface area contributed by atoms with E-state index in [2.05, 4.69) is 0 Å². The molecule has 0 aliphatic carbocycles. The second-order valence-corrected chi connectivity index (χ2v) is 7.36. The molecule has 0 N–H and O–H groups in total. The van der Waals surface area contributed by atoms with Crippen molar-refractivity contribution in [2.75, 3.05) is 18.8 Å². The van der Waals surface area contributed by atoms with E-state index >= 15 is 0 Å². The van der Waals surface area contributed by atoms with Crippen LogP contribution in [0.3, 0.4) is 0 Å². The third-order valence-corrected chi connectivity index (χ3v) is 5.43. The van der Waals surface area contributed by atoms with Gasteiger partial charge in [-0.25, -0.2) is 0 Å². The van der Waals surface area contributed by atoms with Crippen LogP contribution in [0, 0.1) is 0 Å². The van der Waals surface area contributed by atoms with Crippen molar-refractivity contribution in [3.8, 4) is 0 Å².